The van der Waals surface area contributed by atoms with Gasteiger partial charge in [-0.05, 0) is 30.4 Å². The molecule has 0 N–H and O–H groups in total. The fourth-order valence-corrected chi connectivity index (χ4v) is 2.12. The average molecular weight is 220 g/mol. The molecule has 2 aliphatic rings. The fourth-order valence-electron chi connectivity index (χ4n) is 2.12. The van der Waals surface area contributed by atoms with Crippen LogP contribution >= 0.6 is 0 Å². The van der Waals surface area contributed by atoms with E-state index in [2.05, 4.69) is 0 Å². The van der Waals surface area contributed by atoms with E-state index in [9.17, 15) is 9.18 Å². The lowest BCUT2D eigenvalue weighted by Crippen LogP contribution is -2.25. The molecule has 0 saturated heterocycles. The normalized spacial score (nSPS) is 22.7. The number of halogens is 1. The van der Waals surface area contributed by atoms with Crippen LogP contribution in [0.1, 0.15) is 24.8 Å². The molecule has 0 radical (unpaired) electrons. The lowest BCUT2D eigenvalue weighted by atomic mass is 10.0. The Morgan fingerprint density at radius 2 is 2.25 bits per heavy atom. The smallest absolute Gasteiger partial charge is 0.173 e. The van der Waals surface area contributed by atoms with Crippen molar-refractivity contribution in [2.75, 3.05) is 0 Å². The Bertz CT molecular complexity index is 438. The summed E-state index contributed by atoms with van der Waals surface area (Å²) in [6, 6.07) is 4.48. The number of ketones is 1. The predicted molar refractivity (Wildman–Crippen MR) is 56.9 cm³/mol. The van der Waals surface area contributed by atoms with Gasteiger partial charge in [0.05, 0.1) is 0 Å². The summed E-state index contributed by atoms with van der Waals surface area (Å²) in [4.78, 5) is 11.8. The van der Waals surface area contributed by atoms with E-state index in [0.29, 0.717) is 24.5 Å². The number of carbonyl (C=O) groups is 1. The Labute approximate surface area is 93.4 Å². The summed E-state index contributed by atoms with van der Waals surface area (Å²) >= 11 is 0. The summed E-state index contributed by atoms with van der Waals surface area (Å²) < 4.78 is 18.4. The molecule has 1 heterocycles. The van der Waals surface area contributed by atoms with Gasteiger partial charge in [-0.15, -0.1) is 0 Å². The highest BCUT2D eigenvalue weighted by atomic mass is 19.1. The molecule has 0 amide bonds. The summed E-state index contributed by atoms with van der Waals surface area (Å²) in [7, 11) is 0. The van der Waals surface area contributed by atoms with Gasteiger partial charge in [0.2, 0.25) is 0 Å². The van der Waals surface area contributed by atoms with Gasteiger partial charge in [0.25, 0.3) is 0 Å². The van der Waals surface area contributed by atoms with Crippen molar-refractivity contribution in [2.24, 2.45) is 5.92 Å². The van der Waals surface area contributed by atoms with E-state index in [0.717, 1.165) is 5.56 Å². The molecule has 0 bridgehead atoms. The first-order valence-corrected chi connectivity index (χ1v) is 5.70. The SMILES string of the molecule is O=C(CC1CC1)C1Cc2ccc(F)cc2O1. The van der Waals surface area contributed by atoms with Gasteiger partial charge in [0.15, 0.2) is 11.9 Å². The number of rotatable bonds is 3. The molecule has 1 atom stereocenters. The average Bonchev–Trinajstić information content (AvgIpc) is 2.95. The molecule has 3 rings (SSSR count). The van der Waals surface area contributed by atoms with E-state index in [1.54, 1.807) is 6.07 Å². The van der Waals surface area contributed by atoms with Crippen molar-refractivity contribution in [1.82, 2.24) is 0 Å². The molecule has 2 nitrogen and oxygen atoms in total. The summed E-state index contributed by atoms with van der Waals surface area (Å²) in [5.74, 6) is 0.971. The monoisotopic (exact) mass is 220 g/mol. The maximum Gasteiger partial charge on any atom is 0.173 e. The van der Waals surface area contributed by atoms with Gasteiger partial charge in [0.1, 0.15) is 11.6 Å². The maximum absolute atomic E-state index is 12.9. The minimum absolute atomic E-state index is 0.166. The van der Waals surface area contributed by atoms with Gasteiger partial charge < -0.3 is 4.74 Å². The van der Waals surface area contributed by atoms with Crippen LogP contribution in [-0.4, -0.2) is 11.9 Å². The van der Waals surface area contributed by atoms with Gasteiger partial charge in [-0.25, -0.2) is 4.39 Å². The van der Waals surface area contributed by atoms with E-state index in [1.165, 1.54) is 25.0 Å². The van der Waals surface area contributed by atoms with Crippen molar-refractivity contribution < 1.29 is 13.9 Å². The van der Waals surface area contributed by atoms with E-state index < -0.39 is 0 Å². The third-order valence-corrected chi connectivity index (χ3v) is 3.25. The molecule has 1 aromatic rings. The van der Waals surface area contributed by atoms with Crippen LogP contribution in [0.25, 0.3) is 0 Å². The van der Waals surface area contributed by atoms with Crippen molar-refractivity contribution in [3.8, 4) is 5.75 Å². The second kappa shape index (κ2) is 3.58. The summed E-state index contributed by atoms with van der Waals surface area (Å²) in [5.41, 5.74) is 0.940. The number of hydrogen-bond donors (Lipinski definition) is 0. The number of fused-ring (bicyclic) bond motifs is 1. The number of benzene rings is 1. The van der Waals surface area contributed by atoms with Gasteiger partial charge in [0, 0.05) is 18.9 Å². The van der Waals surface area contributed by atoms with Crippen molar-refractivity contribution >= 4 is 5.78 Å². The first-order valence-electron chi connectivity index (χ1n) is 5.70. The van der Waals surface area contributed by atoms with Crippen LogP contribution in [0.4, 0.5) is 4.39 Å². The predicted octanol–water partition coefficient (Wildman–Crippen LogP) is 2.50. The Hall–Kier alpha value is -1.38. The Kier molecular flexibility index (Phi) is 2.20. The van der Waals surface area contributed by atoms with Crippen LogP contribution in [0.2, 0.25) is 0 Å². The highest BCUT2D eigenvalue weighted by Crippen LogP contribution is 2.35. The van der Waals surface area contributed by atoms with Crippen LogP contribution in [-0.2, 0) is 11.2 Å². The molecule has 1 aliphatic carbocycles. The van der Waals surface area contributed by atoms with Gasteiger partial charge >= 0.3 is 0 Å². The highest BCUT2D eigenvalue weighted by Gasteiger charge is 2.33. The zero-order chi connectivity index (χ0) is 11.1. The summed E-state index contributed by atoms with van der Waals surface area (Å²) in [6.45, 7) is 0. The molecule has 1 unspecified atom stereocenters. The molecule has 1 aliphatic heterocycles. The van der Waals surface area contributed by atoms with E-state index in [4.69, 9.17) is 4.74 Å². The quantitative estimate of drug-likeness (QED) is 0.782. The largest absolute Gasteiger partial charge is 0.482 e. The van der Waals surface area contributed by atoms with E-state index in [-0.39, 0.29) is 17.7 Å². The number of Topliss-reactive ketones (excluding diaryl/α,β-unsaturated/α-hetero) is 1. The van der Waals surface area contributed by atoms with Crippen molar-refractivity contribution in [3.63, 3.8) is 0 Å². The minimum atomic E-state index is -0.377. The third-order valence-electron chi connectivity index (χ3n) is 3.25. The van der Waals surface area contributed by atoms with Crippen molar-refractivity contribution in [3.05, 3.63) is 29.6 Å². The van der Waals surface area contributed by atoms with Crippen LogP contribution in [0.5, 0.6) is 5.75 Å². The first-order chi connectivity index (χ1) is 7.72. The van der Waals surface area contributed by atoms with Gasteiger partial charge in [-0.2, -0.15) is 0 Å². The van der Waals surface area contributed by atoms with Crippen LogP contribution in [0.15, 0.2) is 18.2 Å². The Morgan fingerprint density at radius 3 is 3.00 bits per heavy atom. The Morgan fingerprint density at radius 1 is 1.44 bits per heavy atom. The Balaban J connectivity index is 1.71. The van der Waals surface area contributed by atoms with Crippen LogP contribution in [0.3, 0.4) is 0 Å². The topological polar surface area (TPSA) is 26.3 Å². The van der Waals surface area contributed by atoms with Crippen LogP contribution in [0, 0.1) is 11.7 Å². The molecule has 1 saturated carbocycles. The third kappa shape index (κ3) is 1.82. The van der Waals surface area contributed by atoms with Crippen molar-refractivity contribution in [1.29, 1.82) is 0 Å². The molecule has 16 heavy (non-hydrogen) atoms. The second-order valence-electron chi connectivity index (χ2n) is 4.68. The van der Waals surface area contributed by atoms with Crippen molar-refractivity contribution in [2.45, 2.75) is 31.8 Å². The second-order valence-corrected chi connectivity index (χ2v) is 4.68. The summed E-state index contributed by atoms with van der Waals surface area (Å²) in [5, 5.41) is 0. The summed E-state index contributed by atoms with van der Waals surface area (Å²) in [6.07, 6.45) is 3.18. The standard InChI is InChI=1S/C13H13FO2/c14-10-4-3-9-6-13(16-12(9)7-10)11(15)5-8-1-2-8/h3-4,7-8,13H,1-2,5-6H2. The molecule has 3 heteroatoms. The number of carbonyl (C=O) groups excluding carboxylic acids is 1. The molecule has 84 valence electrons. The lowest BCUT2D eigenvalue weighted by Gasteiger charge is -2.08. The lowest BCUT2D eigenvalue weighted by molar-refractivity contribution is -0.125. The molecular formula is C13H13FO2. The molecular weight excluding hydrogens is 207 g/mol. The highest BCUT2D eigenvalue weighted by molar-refractivity contribution is 5.85. The zero-order valence-electron chi connectivity index (χ0n) is 8.91. The molecule has 0 aromatic heterocycles. The van der Waals surface area contributed by atoms with E-state index >= 15 is 0 Å². The molecule has 1 aromatic carbocycles. The molecule has 0 spiro atoms. The first kappa shape index (κ1) is 9.82. The van der Waals surface area contributed by atoms with Gasteiger partial charge in [-0.3, -0.25) is 4.79 Å². The van der Waals surface area contributed by atoms with Gasteiger partial charge in [-0.1, -0.05) is 6.07 Å². The number of ether oxygens (including phenoxy) is 1. The minimum Gasteiger partial charge on any atom is -0.482 e. The fraction of sp³-hybridized carbons (Fsp3) is 0.462. The maximum atomic E-state index is 12.9. The van der Waals surface area contributed by atoms with Crippen LogP contribution < -0.4 is 4.74 Å². The number of hydrogen-bond acceptors (Lipinski definition) is 2. The van der Waals surface area contributed by atoms with E-state index in [1.807, 2.05) is 0 Å². The zero-order valence-corrected chi connectivity index (χ0v) is 8.91. The molecule has 1 fully saturated rings.